The maximum Gasteiger partial charge on any atom is 0.583 e. The summed E-state index contributed by atoms with van der Waals surface area (Å²) < 4.78 is 20.3. The average molecular weight is 230 g/mol. The summed E-state index contributed by atoms with van der Waals surface area (Å²) >= 11 is 0. The van der Waals surface area contributed by atoms with Gasteiger partial charge in [-0.05, 0) is 25.0 Å². The van der Waals surface area contributed by atoms with Crippen molar-refractivity contribution in [2.75, 3.05) is 0 Å². The number of phosphoric ester groups is 1. The van der Waals surface area contributed by atoms with Crippen LogP contribution < -0.4 is 0 Å². The van der Waals surface area contributed by atoms with Crippen molar-refractivity contribution >= 4 is 7.82 Å². The van der Waals surface area contributed by atoms with E-state index in [4.69, 9.17) is 4.89 Å². The molecule has 0 unspecified atom stereocenters. The van der Waals surface area contributed by atoms with Crippen LogP contribution in [-0.4, -0.2) is 4.89 Å². The highest BCUT2D eigenvalue weighted by molar-refractivity contribution is 7.47. The molecule has 0 amide bonds. The van der Waals surface area contributed by atoms with Crippen molar-refractivity contribution in [3.05, 3.63) is 49.0 Å². The number of hydrogen-bond acceptors (Lipinski definition) is 3. The second kappa shape index (κ2) is 6.27. The number of phosphoric acid groups is 1. The Kier molecular flexibility index (Phi) is 5.75. The third kappa shape index (κ3) is 6.77. The van der Waals surface area contributed by atoms with Crippen LogP contribution >= 0.6 is 7.82 Å². The number of hydrogen-bond donors (Lipinski definition) is 1. The molecule has 0 radical (unpaired) electrons. The Labute approximate surface area is 89.8 Å². The summed E-state index contributed by atoms with van der Waals surface area (Å²) in [5, 5.41) is 0. The third-order valence-electron chi connectivity index (χ3n) is 1.39. The summed E-state index contributed by atoms with van der Waals surface area (Å²) in [4.78, 5) is 9.16. The SMILES string of the molecule is C=C/C(C)=C/OP(=O)(O)O/C=C(\C)C=C. The normalized spacial score (nSPS) is 16.5. The lowest BCUT2D eigenvalue weighted by molar-refractivity contribution is 0.242. The largest absolute Gasteiger partial charge is 0.583 e. The minimum Gasteiger partial charge on any atom is -0.403 e. The van der Waals surface area contributed by atoms with Gasteiger partial charge in [-0.1, -0.05) is 25.3 Å². The van der Waals surface area contributed by atoms with Gasteiger partial charge in [0.1, 0.15) is 0 Å². The Morgan fingerprint density at radius 1 is 1.13 bits per heavy atom. The molecule has 0 fully saturated rings. The Morgan fingerprint density at radius 3 is 1.73 bits per heavy atom. The molecule has 4 nitrogen and oxygen atoms in total. The first-order chi connectivity index (χ1) is 6.91. The van der Waals surface area contributed by atoms with Gasteiger partial charge in [-0.3, -0.25) is 4.89 Å². The molecular formula is C10H15O4P. The van der Waals surface area contributed by atoms with Crippen molar-refractivity contribution in [1.29, 1.82) is 0 Å². The molecule has 0 aliphatic rings. The molecule has 1 N–H and O–H groups in total. The van der Waals surface area contributed by atoms with E-state index in [1.54, 1.807) is 13.8 Å². The molecular weight excluding hydrogens is 215 g/mol. The summed E-state index contributed by atoms with van der Waals surface area (Å²) in [5.41, 5.74) is 1.24. The van der Waals surface area contributed by atoms with E-state index in [1.807, 2.05) is 0 Å². The monoisotopic (exact) mass is 230 g/mol. The van der Waals surface area contributed by atoms with Gasteiger partial charge in [-0.2, -0.15) is 0 Å². The molecule has 0 heterocycles. The van der Waals surface area contributed by atoms with E-state index < -0.39 is 7.82 Å². The van der Waals surface area contributed by atoms with Gasteiger partial charge in [-0.15, -0.1) is 0 Å². The predicted octanol–water partition coefficient (Wildman–Crippen LogP) is 3.30. The molecule has 0 aromatic carbocycles. The van der Waals surface area contributed by atoms with Crippen LogP contribution in [0.25, 0.3) is 0 Å². The molecule has 15 heavy (non-hydrogen) atoms. The van der Waals surface area contributed by atoms with Crippen molar-refractivity contribution in [1.82, 2.24) is 0 Å². The fraction of sp³-hybridized carbons (Fsp3) is 0.200. The molecule has 0 atom stereocenters. The van der Waals surface area contributed by atoms with Gasteiger partial charge >= 0.3 is 7.82 Å². The molecule has 0 bridgehead atoms. The topological polar surface area (TPSA) is 55.8 Å². The molecule has 0 aromatic heterocycles. The molecule has 0 saturated carbocycles. The van der Waals surface area contributed by atoms with Gasteiger partial charge in [0.05, 0.1) is 12.5 Å². The fourth-order valence-corrected chi connectivity index (χ4v) is 1.07. The van der Waals surface area contributed by atoms with Crippen LogP contribution in [-0.2, 0) is 13.6 Å². The lowest BCUT2D eigenvalue weighted by Gasteiger charge is -2.08. The summed E-state index contributed by atoms with van der Waals surface area (Å²) in [6.45, 7) is 10.3. The molecule has 5 heteroatoms. The van der Waals surface area contributed by atoms with Crippen LogP contribution in [0.15, 0.2) is 49.0 Å². The molecule has 0 spiro atoms. The highest BCUT2D eigenvalue weighted by atomic mass is 31.2. The van der Waals surface area contributed by atoms with Crippen LogP contribution in [0.3, 0.4) is 0 Å². The van der Waals surface area contributed by atoms with Crippen molar-refractivity contribution < 1.29 is 18.5 Å². The Balaban J connectivity index is 4.38. The quantitative estimate of drug-likeness (QED) is 0.432. The first kappa shape index (κ1) is 13.8. The molecule has 0 aliphatic carbocycles. The first-order valence-electron chi connectivity index (χ1n) is 4.19. The zero-order valence-electron chi connectivity index (χ0n) is 8.84. The Morgan fingerprint density at radius 2 is 1.47 bits per heavy atom. The summed E-state index contributed by atoms with van der Waals surface area (Å²) in [5.74, 6) is 0. The van der Waals surface area contributed by atoms with Gasteiger partial charge < -0.3 is 9.05 Å². The van der Waals surface area contributed by atoms with Crippen molar-refractivity contribution in [3.63, 3.8) is 0 Å². The van der Waals surface area contributed by atoms with E-state index in [0.717, 1.165) is 12.5 Å². The Hall–Kier alpha value is -1.25. The molecule has 0 aromatic rings. The number of rotatable bonds is 6. The van der Waals surface area contributed by atoms with E-state index in [0.29, 0.717) is 11.1 Å². The van der Waals surface area contributed by atoms with Gasteiger partial charge in [0.15, 0.2) is 0 Å². The van der Waals surface area contributed by atoms with E-state index >= 15 is 0 Å². The summed E-state index contributed by atoms with van der Waals surface area (Å²) in [6, 6.07) is 0. The fourth-order valence-electron chi connectivity index (χ4n) is 0.421. The van der Waals surface area contributed by atoms with Crippen molar-refractivity contribution in [3.8, 4) is 0 Å². The van der Waals surface area contributed by atoms with Crippen LogP contribution in [0, 0.1) is 0 Å². The van der Waals surface area contributed by atoms with Crippen LogP contribution in [0.4, 0.5) is 0 Å². The molecule has 0 saturated heterocycles. The van der Waals surface area contributed by atoms with Gasteiger partial charge in [0, 0.05) is 0 Å². The highest BCUT2D eigenvalue weighted by Gasteiger charge is 2.20. The van der Waals surface area contributed by atoms with Crippen LogP contribution in [0.1, 0.15) is 13.8 Å². The zero-order chi connectivity index (χ0) is 11.9. The molecule has 0 aliphatic heterocycles. The summed E-state index contributed by atoms with van der Waals surface area (Å²) in [6.07, 6.45) is 5.21. The van der Waals surface area contributed by atoms with Gasteiger partial charge in [0.25, 0.3) is 0 Å². The van der Waals surface area contributed by atoms with E-state index in [-0.39, 0.29) is 0 Å². The lowest BCUT2D eigenvalue weighted by Crippen LogP contribution is -1.86. The van der Waals surface area contributed by atoms with E-state index in [2.05, 4.69) is 22.2 Å². The standard InChI is InChI=1S/C10H15O4P/c1-5-9(3)7-13-15(11,12)14-8-10(4)6-2/h5-8H,1-2H2,3-4H3,(H,11,12)/b9-7+,10-8+. The van der Waals surface area contributed by atoms with Crippen LogP contribution in [0.2, 0.25) is 0 Å². The van der Waals surface area contributed by atoms with E-state index in [1.165, 1.54) is 12.2 Å². The number of allylic oxidation sites excluding steroid dienone is 4. The maximum absolute atomic E-state index is 11.2. The third-order valence-corrected chi connectivity index (χ3v) is 2.13. The van der Waals surface area contributed by atoms with Crippen LogP contribution in [0.5, 0.6) is 0 Å². The minimum absolute atomic E-state index is 0.622. The second-order valence-electron chi connectivity index (χ2n) is 2.81. The summed E-state index contributed by atoms with van der Waals surface area (Å²) in [7, 11) is -4.07. The average Bonchev–Trinajstić information content (AvgIpc) is 2.22. The van der Waals surface area contributed by atoms with Crippen molar-refractivity contribution in [2.24, 2.45) is 0 Å². The first-order valence-corrected chi connectivity index (χ1v) is 5.69. The lowest BCUT2D eigenvalue weighted by atomic mass is 10.3. The van der Waals surface area contributed by atoms with Gasteiger partial charge in [-0.25, -0.2) is 4.57 Å². The second-order valence-corrected chi connectivity index (χ2v) is 4.17. The Bertz CT molecular complexity index is 311. The molecule has 84 valence electrons. The maximum atomic E-state index is 11.2. The van der Waals surface area contributed by atoms with Gasteiger partial charge in [0.2, 0.25) is 0 Å². The predicted molar refractivity (Wildman–Crippen MR) is 59.9 cm³/mol. The smallest absolute Gasteiger partial charge is 0.403 e. The van der Waals surface area contributed by atoms with E-state index in [9.17, 15) is 4.57 Å². The van der Waals surface area contributed by atoms with Crippen molar-refractivity contribution in [2.45, 2.75) is 13.8 Å². The minimum atomic E-state index is -4.07. The highest BCUT2D eigenvalue weighted by Crippen LogP contribution is 2.44. The molecule has 0 rings (SSSR count). The zero-order valence-corrected chi connectivity index (χ0v) is 9.74.